The van der Waals surface area contributed by atoms with Crippen LogP contribution in [0.2, 0.25) is 0 Å². The van der Waals surface area contributed by atoms with Crippen LogP contribution in [0.15, 0.2) is 12.2 Å². The van der Waals surface area contributed by atoms with Gasteiger partial charge in [-0.05, 0) is 25.7 Å². The smallest absolute Gasteiger partial charge is 0.264 e. The zero-order valence-electron chi connectivity index (χ0n) is 12.6. The van der Waals surface area contributed by atoms with Gasteiger partial charge in [-0.25, -0.2) is 0 Å². The Morgan fingerprint density at radius 3 is 1.95 bits per heavy atom. The van der Waals surface area contributed by atoms with Crippen molar-refractivity contribution < 1.29 is 12.6 Å². The summed E-state index contributed by atoms with van der Waals surface area (Å²) in [5, 5.41) is 0. The maximum atomic E-state index is 10.7. The minimum Gasteiger partial charge on any atom is -0.270 e. The van der Waals surface area contributed by atoms with E-state index < -0.39 is 10.1 Å². The molecule has 19 heavy (non-hydrogen) atoms. The summed E-state index contributed by atoms with van der Waals surface area (Å²) < 4.78 is 26.1. The first-order valence-electron chi connectivity index (χ1n) is 7.55. The van der Waals surface area contributed by atoms with Crippen molar-refractivity contribution in [3.05, 3.63) is 12.2 Å². The predicted molar refractivity (Wildman–Crippen MR) is 81.8 cm³/mol. The van der Waals surface area contributed by atoms with E-state index in [-0.39, 0.29) is 0 Å². The van der Waals surface area contributed by atoms with Gasteiger partial charge in [0.1, 0.15) is 0 Å². The van der Waals surface area contributed by atoms with Gasteiger partial charge in [-0.3, -0.25) is 4.18 Å². The quantitative estimate of drug-likeness (QED) is 0.286. The van der Waals surface area contributed by atoms with Gasteiger partial charge in [-0.1, -0.05) is 57.6 Å². The van der Waals surface area contributed by atoms with Crippen molar-refractivity contribution in [1.29, 1.82) is 0 Å². The van der Waals surface area contributed by atoms with E-state index in [1.165, 1.54) is 51.4 Å². The van der Waals surface area contributed by atoms with Gasteiger partial charge in [-0.15, -0.1) is 0 Å². The standard InChI is InChI=1S/C15H30O3S/c1-3-4-5-6-7-8-9-10-11-12-13-14-15-18-19(2,16)17/h6-7H,3-5,8-15H2,1-2H3. The molecule has 0 unspecified atom stereocenters. The van der Waals surface area contributed by atoms with Crippen LogP contribution in [-0.2, 0) is 14.3 Å². The maximum Gasteiger partial charge on any atom is 0.264 e. The first kappa shape index (κ1) is 18.7. The zero-order chi connectivity index (χ0) is 14.4. The van der Waals surface area contributed by atoms with E-state index >= 15 is 0 Å². The van der Waals surface area contributed by atoms with E-state index in [4.69, 9.17) is 0 Å². The van der Waals surface area contributed by atoms with Crippen LogP contribution in [0.25, 0.3) is 0 Å². The molecule has 0 aromatic heterocycles. The summed E-state index contributed by atoms with van der Waals surface area (Å²) in [5.41, 5.74) is 0. The second-order valence-electron chi connectivity index (χ2n) is 5.05. The summed E-state index contributed by atoms with van der Waals surface area (Å²) in [6.07, 6.45) is 17.5. The van der Waals surface area contributed by atoms with Crippen molar-refractivity contribution in [2.45, 2.75) is 71.1 Å². The number of allylic oxidation sites excluding steroid dienone is 2. The van der Waals surface area contributed by atoms with E-state index in [2.05, 4.69) is 23.3 Å². The molecular formula is C15H30O3S. The van der Waals surface area contributed by atoms with Gasteiger partial charge in [-0.2, -0.15) is 8.42 Å². The first-order valence-corrected chi connectivity index (χ1v) is 9.37. The summed E-state index contributed by atoms with van der Waals surface area (Å²) in [5.74, 6) is 0. The zero-order valence-corrected chi connectivity index (χ0v) is 13.4. The molecule has 0 heterocycles. The van der Waals surface area contributed by atoms with Crippen molar-refractivity contribution in [2.75, 3.05) is 12.9 Å². The summed E-state index contributed by atoms with van der Waals surface area (Å²) in [6, 6.07) is 0. The molecule has 0 aliphatic rings. The largest absolute Gasteiger partial charge is 0.270 e. The Kier molecular flexibility index (Phi) is 12.4. The number of hydrogen-bond donors (Lipinski definition) is 0. The normalized spacial score (nSPS) is 12.3. The third-order valence-electron chi connectivity index (χ3n) is 2.95. The Morgan fingerprint density at radius 1 is 0.842 bits per heavy atom. The highest BCUT2D eigenvalue weighted by atomic mass is 32.2. The summed E-state index contributed by atoms with van der Waals surface area (Å²) in [6.45, 7) is 2.55. The molecular weight excluding hydrogens is 260 g/mol. The lowest BCUT2D eigenvalue weighted by molar-refractivity contribution is 0.309. The van der Waals surface area contributed by atoms with Crippen molar-refractivity contribution in [3.63, 3.8) is 0 Å². The third kappa shape index (κ3) is 17.6. The molecule has 0 radical (unpaired) electrons. The maximum absolute atomic E-state index is 10.7. The Hall–Kier alpha value is -0.350. The second kappa shape index (κ2) is 12.7. The molecule has 0 amide bonds. The second-order valence-corrected chi connectivity index (χ2v) is 6.69. The molecule has 0 rings (SSSR count). The van der Waals surface area contributed by atoms with Crippen LogP contribution in [0.1, 0.15) is 71.1 Å². The average molecular weight is 290 g/mol. The predicted octanol–water partition coefficient (Wildman–Crippen LogP) is 4.44. The lowest BCUT2D eigenvalue weighted by atomic mass is 10.1. The van der Waals surface area contributed by atoms with E-state index in [0.29, 0.717) is 6.61 Å². The number of hydrogen-bond acceptors (Lipinski definition) is 3. The molecule has 0 saturated heterocycles. The highest BCUT2D eigenvalue weighted by Gasteiger charge is 1.99. The van der Waals surface area contributed by atoms with Crippen molar-refractivity contribution in [2.24, 2.45) is 0 Å². The van der Waals surface area contributed by atoms with Crippen molar-refractivity contribution in [1.82, 2.24) is 0 Å². The van der Waals surface area contributed by atoms with Crippen LogP contribution >= 0.6 is 0 Å². The van der Waals surface area contributed by atoms with Crippen molar-refractivity contribution in [3.8, 4) is 0 Å². The van der Waals surface area contributed by atoms with Gasteiger partial charge in [0, 0.05) is 0 Å². The Labute approximate surface area is 119 Å². The molecule has 0 aromatic carbocycles. The number of unbranched alkanes of at least 4 members (excludes halogenated alkanes) is 8. The monoisotopic (exact) mass is 290 g/mol. The Bertz CT molecular complexity index is 307. The van der Waals surface area contributed by atoms with E-state index in [1.807, 2.05) is 0 Å². The van der Waals surface area contributed by atoms with Crippen LogP contribution in [0.3, 0.4) is 0 Å². The molecule has 0 bridgehead atoms. The molecule has 0 spiro atoms. The highest BCUT2D eigenvalue weighted by Crippen LogP contribution is 2.08. The lowest BCUT2D eigenvalue weighted by Crippen LogP contribution is -2.03. The van der Waals surface area contributed by atoms with Crippen molar-refractivity contribution >= 4 is 10.1 Å². The molecule has 3 nitrogen and oxygen atoms in total. The van der Waals surface area contributed by atoms with Crippen LogP contribution in [0.4, 0.5) is 0 Å². The third-order valence-corrected chi connectivity index (χ3v) is 3.55. The molecule has 4 heteroatoms. The summed E-state index contributed by atoms with van der Waals surface area (Å²) >= 11 is 0. The van der Waals surface area contributed by atoms with Gasteiger partial charge < -0.3 is 0 Å². The van der Waals surface area contributed by atoms with E-state index in [9.17, 15) is 8.42 Å². The SMILES string of the molecule is CCCCC=CCCCCCCCCOS(C)(=O)=O. The highest BCUT2D eigenvalue weighted by molar-refractivity contribution is 7.85. The fourth-order valence-corrected chi connectivity index (χ4v) is 2.26. The molecule has 114 valence electrons. The molecule has 0 aliphatic heterocycles. The summed E-state index contributed by atoms with van der Waals surface area (Å²) in [7, 11) is -3.25. The van der Waals surface area contributed by atoms with Gasteiger partial charge >= 0.3 is 0 Å². The van der Waals surface area contributed by atoms with E-state index in [1.54, 1.807) is 0 Å². The van der Waals surface area contributed by atoms with Crippen LogP contribution in [0, 0.1) is 0 Å². The lowest BCUT2D eigenvalue weighted by Gasteiger charge is -2.01. The van der Waals surface area contributed by atoms with Crippen LogP contribution in [-0.4, -0.2) is 21.3 Å². The molecule has 0 fully saturated rings. The van der Waals surface area contributed by atoms with Gasteiger partial charge in [0.05, 0.1) is 12.9 Å². The first-order chi connectivity index (χ1) is 9.06. The van der Waals surface area contributed by atoms with Crippen LogP contribution < -0.4 is 0 Å². The minimum atomic E-state index is -3.25. The minimum absolute atomic E-state index is 0.332. The topological polar surface area (TPSA) is 43.4 Å². The van der Waals surface area contributed by atoms with Crippen LogP contribution in [0.5, 0.6) is 0 Å². The number of rotatable bonds is 13. The van der Waals surface area contributed by atoms with E-state index in [0.717, 1.165) is 19.1 Å². The average Bonchev–Trinajstić information content (AvgIpc) is 2.34. The molecule has 0 aromatic rings. The summed E-state index contributed by atoms with van der Waals surface area (Å²) in [4.78, 5) is 0. The van der Waals surface area contributed by atoms with Gasteiger partial charge in [0.2, 0.25) is 0 Å². The fourth-order valence-electron chi connectivity index (χ4n) is 1.84. The molecule has 0 saturated carbocycles. The fraction of sp³-hybridized carbons (Fsp3) is 0.867. The molecule has 0 atom stereocenters. The Balaban J connectivity index is 3.13. The molecule has 0 aliphatic carbocycles. The van der Waals surface area contributed by atoms with Gasteiger partial charge in [0.25, 0.3) is 10.1 Å². The van der Waals surface area contributed by atoms with Gasteiger partial charge in [0.15, 0.2) is 0 Å². The Morgan fingerprint density at radius 2 is 1.37 bits per heavy atom. The molecule has 0 N–H and O–H groups in total.